The zero-order chi connectivity index (χ0) is 26.5. The van der Waals surface area contributed by atoms with Crippen LogP contribution < -0.4 is 0 Å². The van der Waals surface area contributed by atoms with Gasteiger partial charge in [0.15, 0.2) is 0 Å². The van der Waals surface area contributed by atoms with E-state index < -0.39 is 18.4 Å². The van der Waals surface area contributed by atoms with Crippen LogP contribution in [0.2, 0.25) is 13.3 Å². The van der Waals surface area contributed by atoms with Crippen molar-refractivity contribution < 1.29 is 5.11 Å². The average Bonchev–Trinajstić information content (AvgIpc) is 2.85. The average molecular weight is 589 g/mol. The first-order chi connectivity index (χ1) is 16.9. The van der Waals surface area contributed by atoms with E-state index in [1.165, 1.54) is 33.6 Å². The van der Waals surface area contributed by atoms with Crippen LogP contribution in [0.1, 0.15) is 65.2 Å². The first-order valence-corrected chi connectivity index (χ1v) is 20.8. The van der Waals surface area contributed by atoms with Gasteiger partial charge in [-0.2, -0.15) is 0 Å². The van der Waals surface area contributed by atoms with Crippen molar-refractivity contribution in [1.29, 1.82) is 0 Å². The predicted molar refractivity (Wildman–Crippen MR) is 159 cm³/mol. The van der Waals surface area contributed by atoms with Gasteiger partial charge in [0.1, 0.15) is 0 Å². The fourth-order valence-electron chi connectivity index (χ4n) is 6.47. The summed E-state index contributed by atoms with van der Waals surface area (Å²) in [5.41, 5.74) is 4.42. The monoisotopic (exact) mass is 590 g/mol. The first kappa shape index (κ1) is 28.7. The third-order valence-corrected chi connectivity index (χ3v) is 27.0. The summed E-state index contributed by atoms with van der Waals surface area (Å²) in [6.07, 6.45) is 2.15. The molecule has 3 aromatic rings. The van der Waals surface area contributed by atoms with Crippen LogP contribution in [0.15, 0.2) is 101 Å². The second-order valence-corrected chi connectivity index (χ2v) is 25.2. The third-order valence-electron chi connectivity index (χ3n) is 8.24. The molecule has 0 fully saturated rings. The molecule has 0 saturated carbocycles. The van der Waals surface area contributed by atoms with Gasteiger partial charge in [0.05, 0.1) is 0 Å². The molecule has 0 heterocycles. The van der Waals surface area contributed by atoms with Crippen molar-refractivity contribution in [2.75, 3.05) is 6.61 Å². The predicted octanol–water partition coefficient (Wildman–Crippen LogP) is 8.85. The Labute approximate surface area is 224 Å². The van der Waals surface area contributed by atoms with Gasteiger partial charge in [-0.05, 0) is 0 Å². The Kier molecular flexibility index (Phi) is 9.33. The third kappa shape index (κ3) is 6.92. The molecule has 2 heteroatoms. The van der Waals surface area contributed by atoms with Crippen LogP contribution in [0.5, 0.6) is 0 Å². The number of aliphatic hydroxyl groups excluding tert-OH is 1. The van der Waals surface area contributed by atoms with Gasteiger partial charge in [-0.1, -0.05) is 0 Å². The number of aliphatic hydroxyl groups is 1. The van der Waals surface area contributed by atoms with Crippen molar-refractivity contribution in [3.05, 3.63) is 117 Å². The molecule has 3 aromatic carbocycles. The topological polar surface area (TPSA) is 20.2 Å². The second kappa shape index (κ2) is 11.7. The summed E-state index contributed by atoms with van der Waals surface area (Å²) in [4.78, 5) is 0. The van der Waals surface area contributed by atoms with E-state index in [2.05, 4.69) is 146 Å². The quantitative estimate of drug-likeness (QED) is 0.222. The summed E-state index contributed by atoms with van der Waals surface area (Å²) in [5.74, 6) is 0. The van der Waals surface area contributed by atoms with E-state index in [4.69, 9.17) is 0 Å². The van der Waals surface area contributed by atoms with E-state index in [1.54, 1.807) is 0 Å². The van der Waals surface area contributed by atoms with E-state index in [-0.39, 0.29) is 22.9 Å². The molecule has 0 amide bonds. The molecule has 192 valence electrons. The maximum atomic E-state index is 10.1. The van der Waals surface area contributed by atoms with E-state index in [9.17, 15) is 5.11 Å². The molecular formula is C34H46OSn. The van der Waals surface area contributed by atoms with Gasteiger partial charge in [-0.25, -0.2) is 0 Å². The van der Waals surface area contributed by atoms with Gasteiger partial charge in [0, 0.05) is 0 Å². The van der Waals surface area contributed by atoms with Crippen molar-refractivity contribution >= 4 is 18.4 Å². The fourth-order valence-corrected chi connectivity index (χ4v) is 27.7. The van der Waals surface area contributed by atoms with Crippen LogP contribution >= 0.6 is 0 Å². The molecule has 0 atom stereocenters. The van der Waals surface area contributed by atoms with Crippen molar-refractivity contribution in [2.24, 2.45) is 0 Å². The SMILES string of the molecule is C/[C](=C\CO)[Sn]([CH2]C(C)(C)c1ccccc1)([CH2]C(C)(C)c1ccccc1)[CH2]C(C)(C)c1ccccc1. The van der Waals surface area contributed by atoms with Crippen molar-refractivity contribution in [3.8, 4) is 0 Å². The van der Waals surface area contributed by atoms with Gasteiger partial charge in [0.2, 0.25) is 0 Å². The molecule has 36 heavy (non-hydrogen) atoms. The van der Waals surface area contributed by atoms with Gasteiger partial charge in [0.25, 0.3) is 0 Å². The summed E-state index contributed by atoms with van der Waals surface area (Å²) < 4.78 is 5.13. The molecule has 0 aliphatic carbocycles. The Morgan fingerprint density at radius 1 is 0.583 bits per heavy atom. The zero-order valence-electron chi connectivity index (χ0n) is 23.5. The van der Waals surface area contributed by atoms with E-state index >= 15 is 0 Å². The van der Waals surface area contributed by atoms with Crippen LogP contribution in [-0.2, 0) is 16.2 Å². The number of rotatable bonds is 11. The van der Waals surface area contributed by atoms with Gasteiger partial charge in [-0.3, -0.25) is 0 Å². The summed E-state index contributed by atoms with van der Waals surface area (Å²) >= 11 is -3.22. The maximum absolute atomic E-state index is 10.1. The summed E-state index contributed by atoms with van der Waals surface area (Å²) in [5, 5.41) is 10.1. The molecule has 1 nitrogen and oxygen atoms in total. The molecule has 0 spiro atoms. The summed E-state index contributed by atoms with van der Waals surface area (Å²) in [6, 6.07) is 33.2. The minimum atomic E-state index is -3.22. The standard InChI is InChI=1S/3C10H13.C4H7O.Sn/c3*1-10(2,3)9-7-5-4-6-8-9;1-2-3-4-5;/h3*4-8H,1H2,2-3H3;3,5H,4H2,1H3;. The fraction of sp³-hybridized carbons (Fsp3) is 0.412. The molecule has 0 aliphatic rings. The zero-order valence-corrected chi connectivity index (χ0v) is 26.4. The number of allylic oxidation sites excluding steroid dienone is 1. The Morgan fingerprint density at radius 2 is 0.861 bits per heavy atom. The Morgan fingerprint density at radius 3 is 1.11 bits per heavy atom. The Balaban J connectivity index is 2.18. The molecule has 0 unspecified atom stereocenters. The first-order valence-electron chi connectivity index (χ1n) is 13.4. The molecule has 0 radical (unpaired) electrons. The van der Waals surface area contributed by atoms with Crippen LogP contribution in [0.4, 0.5) is 0 Å². The number of hydrogen-bond donors (Lipinski definition) is 1. The molecular weight excluding hydrogens is 543 g/mol. The molecule has 0 aromatic heterocycles. The van der Waals surface area contributed by atoms with Crippen LogP contribution in [0.25, 0.3) is 0 Å². The van der Waals surface area contributed by atoms with Gasteiger partial charge < -0.3 is 0 Å². The van der Waals surface area contributed by atoms with Crippen molar-refractivity contribution in [3.63, 3.8) is 0 Å². The molecule has 0 saturated heterocycles. The Bertz CT molecular complexity index is 982. The normalized spacial score (nSPS) is 13.6. The van der Waals surface area contributed by atoms with Gasteiger partial charge in [-0.15, -0.1) is 0 Å². The molecule has 0 bridgehead atoms. The van der Waals surface area contributed by atoms with Crippen molar-refractivity contribution in [1.82, 2.24) is 0 Å². The van der Waals surface area contributed by atoms with E-state index in [0.29, 0.717) is 0 Å². The molecule has 0 aliphatic heterocycles. The number of hydrogen-bond acceptors (Lipinski definition) is 1. The van der Waals surface area contributed by atoms with Gasteiger partial charge >= 0.3 is 225 Å². The number of benzene rings is 3. The molecule has 3 rings (SSSR count). The van der Waals surface area contributed by atoms with Crippen LogP contribution in [0.3, 0.4) is 0 Å². The van der Waals surface area contributed by atoms with E-state index in [0.717, 1.165) is 0 Å². The summed E-state index contributed by atoms with van der Waals surface area (Å²) in [6.45, 7) is 17.1. The summed E-state index contributed by atoms with van der Waals surface area (Å²) in [7, 11) is 0. The van der Waals surface area contributed by atoms with Crippen molar-refractivity contribution in [2.45, 2.75) is 78.0 Å². The molecule has 1 N–H and O–H groups in total. The Hall–Kier alpha value is -1.84. The van der Waals surface area contributed by atoms with Crippen LogP contribution in [0, 0.1) is 0 Å². The van der Waals surface area contributed by atoms with Crippen LogP contribution in [-0.4, -0.2) is 30.1 Å². The van der Waals surface area contributed by atoms with E-state index in [1.807, 2.05) is 0 Å². The minimum absolute atomic E-state index is 0.0570. The second-order valence-electron chi connectivity index (χ2n) is 12.6.